The number of hydrogen-bond donors (Lipinski definition) is 2. The molecule has 2 rings (SSSR count). The van der Waals surface area contributed by atoms with E-state index in [1.165, 1.54) is 11.9 Å². The fourth-order valence-corrected chi connectivity index (χ4v) is 2.31. The van der Waals surface area contributed by atoms with Crippen molar-refractivity contribution in [2.75, 3.05) is 5.32 Å². The Hall–Kier alpha value is -0.870. The highest BCUT2D eigenvalue weighted by Crippen LogP contribution is 2.31. The fourth-order valence-electron chi connectivity index (χ4n) is 1.35. The van der Waals surface area contributed by atoms with E-state index < -0.39 is 0 Å². The molecule has 1 atom stereocenters. The van der Waals surface area contributed by atoms with E-state index >= 15 is 0 Å². The molecule has 0 radical (unpaired) electrons. The van der Waals surface area contributed by atoms with Gasteiger partial charge < -0.3 is 5.32 Å². The molecule has 17 heavy (non-hydrogen) atoms. The normalized spacial score (nSPS) is 18.5. The van der Waals surface area contributed by atoms with Gasteiger partial charge in [-0.2, -0.15) is 0 Å². The summed E-state index contributed by atoms with van der Waals surface area (Å²) in [6, 6.07) is 6.08. The summed E-state index contributed by atoms with van der Waals surface area (Å²) >= 11 is 7.48. The molecule has 0 fully saturated rings. The topological polar surface area (TPSA) is 36.4 Å². The summed E-state index contributed by atoms with van der Waals surface area (Å²) in [5, 5.41) is 4.02. The number of nitrogens with one attached hydrogen (secondary N) is 2. The first-order valence-corrected chi connectivity index (χ1v) is 6.83. The molecule has 1 aromatic carbocycles. The second-order valence-corrected chi connectivity index (χ2v) is 5.72. The number of nitrogens with zero attached hydrogens (tertiary/aromatic N) is 1. The van der Waals surface area contributed by atoms with Crippen LogP contribution in [0.5, 0.6) is 0 Å². The molecule has 1 aliphatic rings. The maximum atomic E-state index is 5.94. The van der Waals surface area contributed by atoms with E-state index in [0.29, 0.717) is 12.0 Å². The summed E-state index contributed by atoms with van der Waals surface area (Å²) in [5.74, 6) is 1.34. The molecule has 2 N–H and O–H groups in total. The summed E-state index contributed by atoms with van der Waals surface area (Å²) in [6.45, 7) is 6.44. The molecule has 0 saturated heterocycles. The Bertz CT molecular complexity index is 445. The van der Waals surface area contributed by atoms with E-state index in [0.717, 1.165) is 21.6 Å². The molecule has 5 heteroatoms. The van der Waals surface area contributed by atoms with Gasteiger partial charge in [-0.25, -0.2) is 4.99 Å². The van der Waals surface area contributed by atoms with Gasteiger partial charge in [0.05, 0.1) is 16.6 Å². The van der Waals surface area contributed by atoms with Crippen LogP contribution in [0.2, 0.25) is 5.02 Å². The number of halogens is 1. The molecule has 0 bridgehead atoms. The van der Waals surface area contributed by atoms with Crippen molar-refractivity contribution < 1.29 is 0 Å². The van der Waals surface area contributed by atoms with E-state index in [9.17, 15) is 0 Å². The van der Waals surface area contributed by atoms with Crippen molar-refractivity contribution in [3.63, 3.8) is 0 Å². The third-order valence-electron chi connectivity index (χ3n) is 2.75. The van der Waals surface area contributed by atoms with Crippen LogP contribution in [0.1, 0.15) is 20.8 Å². The second-order valence-electron chi connectivity index (χ2n) is 4.43. The summed E-state index contributed by atoms with van der Waals surface area (Å²) in [6.07, 6.45) is 0. The molecular formula is C12H16ClN3S. The maximum Gasteiger partial charge on any atom is 0.206 e. The molecule has 92 valence electrons. The Morgan fingerprint density at radius 3 is 2.76 bits per heavy atom. The van der Waals surface area contributed by atoms with Crippen LogP contribution in [0.3, 0.4) is 0 Å². The van der Waals surface area contributed by atoms with E-state index in [-0.39, 0.29) is 0 Å². The number of anilines is 1. The van der Waals surface area contributed by atoms with Gasteiger partial charge in [0, 0.05) is 5.02 Å². The Morgan fingerprint density at radius 2 is 2.06 bits per heavy atom. The highest BCUT2D eigenvalue weighted by molar-refractivity contribution is 7.98. The molecule has 0 amide bonds. The highest BCUT2D eigenvalue weighted by Gasteiger charge is 2.15. The van der Waals surface area contributed by atoms with Crippen LogP contribution in [0.4, 0.5) is 5.69 Å². The summed E-state index contributed by atoms with van der Waals surface area (Å²) in [5.41, 5.74) is 1.05. The van der Waals surface area contributed by atoms with E-state index in [2.05, 4.69) is 35.8 Å². The van der Waals surface area contributed by atoms with Gasteiger partial charge in [0.25, 0.3) is 0 Å². The van der Waals surface area contributed by atoms with Gasteiger partial charge in [0.1, 0.15) is 0 Å². The van der Waals surface area contributed by atoms with Crippen molar-refractivity contribution in [2.24, 2.45) is 10.9 Å². The van der Waals surface area contributed by atoms with Gasteiger partial charge in [0.15, 0.2) is 0 Å². The first kappa shape index (κ1) is 12.6. The van der Waals surface area contributed by atoms with E-state index in [4.69, 9.17) is 11.6 Å². The Labute approximate surface area is 111 Å². The van der Waals surface area contributed by atoms with Gasteiger partial charge in [-0.1, -0.05) is 25.4 Å². The van der Waals surface area contributed by atoms with Crippen molar-refractivity contribution >= 4 is 35.2 Å². The second kappa shape index (κ2) is 5.19. The molecule has 1 heterocycles. The number of benzene rings is 1. The van der Waals surface area contributed by atoms with Gasteiger partial charge >= 0.3 is 0 Å². The van der Waals surface area contributed by atoms with Gasteiger partial charge in [-0.05, 0) is 43.0 Å². The zero-order chi connectivity index (χ0) is 12.4. The number of rotatable bonds is 2. The van der Waals surface area contributed by atoms with Crippen molar-refractivity contribution in [1.29, 1.82) is 0 Å². The van der Waals surface area contributed by atoms with Crippen LogP contribution in [0.25, 0.3) is 0 Å². The predicted octanol–water partition coefficient (Wildman–Crippen LogP) is 3.76. The minimum atomic E-state index is 0.291. The molecule has 1 aromatic rings. The van der Waals surface area contributed by atoms with Crippen LogP contribution in [-0.4, -0.2) is 12.0 Å². The van der Waals surface area contributed by atoms with Crippen molar-refractivity contribution in [3.05, 3.63) is 23.2 Å². The lowest BCUT2D eigenvalue weighted by Gasteiger charge is -2.22. The van der Waals surface area contributed by atoms with Crippen LogP contribution >= 0.6 is 23.5 Å². The minimum absolute atomic E-state index is 0.291. The maximum absolute atomic E-state index is 5.94. The first-order valence-electron chi connectivity index (χ1n) is 5.63. The molecule has 1 aliphatic heterocycles. The Kier molecular flexibility index (Phi) is 3.84. The highest BCUT2D eigenvalue weighted by atomic mass is 35.5. The first-order chi connectivity index (χ1) is 8.06. The molecule has 1 unspecified atom stereocenters. The number of hydrogen-bond acceptors (Lipinski definition) is 2. The van der Waals surface area contributed by atoms with Crippen LogP contribution in [0, 0.1) is 5.92 Å². The lowest BCUT2D eigenvalue weighted by molar-refractivity contribution is 0.530. The quantitative estimate of drug-likeness (QED) is 0.803. The number of guanidine groups is 1. The van der Waals surface area contributed by atoms with Crippen molar-refractivity contribution in [3.8, 4) is 0 Å². The zero-order valence-electron chi connectivity index (χ0n) is 10.1. The smallest absolute Gasteiger partial charge is 0.206 e. The van der Waals surface area contributed by atoms with E-state index in [1.807, 2.05) is 18.2 Å². The van der Waals surface area contributed by atoms with E-state index in [1.54, 1.807) is 0 Å². The lowest BCUT2D eigenvalue weighted by Crippen LogP contribution is -2.31. The SMILES string of the molecule is CC(C)C(C)N=C1NSc2cc(Cl)ccc2N1. The molecule has 0 aliphatic carbocycles. The van der Waals surface area contributed by atoms with Crippen molar-refractivity contribution in [2.45, 2.75) is 31.7 Å². The largest absolute Gasteiger partial charge is 0.325 e. The fraction of sp³-hybridized carbons (Fsp3) is 0.417. The van der Waals surface area contributed by atoms with Crippen LogP contribution in [-0.2, 0) is 0 Å². The standard InChI is InChI=1S/C12H16ClN3S/c1-7(2)8(3)14-12-15-10-5-4-9(13)6-11(10)17-16-12/h4-8H,1-3H3,(H2,14,15,16). The summed E-state index contributed by atoms with van der Waals surface area (Å²) < 4.78 is 3.19. The van der Waals surface area contributed by atoms with Crippen LogP contribution in [0.15, 0.2) is 28.1 Å². The third-order valence-corrected chi connectivity index (χ3v) is 3.84. The molecular weight excluding hydrogens is 254 g/mol. The van der Waals surface area contributed by atoms with Crippen LogP contribution < -0.4 is 10.0 Å². The van der Waals surface area contributed by atoms with Crippen molar-refractivity contribution in [1.82, 2.24) is 4.72 Å². The molecule has 3 nitrogen and oxygen atoms in total. The lowest BCUT2D eigenvalue weighted by atomic mass is 10.1. The number of fused-ring (bicyclic) bond motifs is 1. The zero-order valence-corrected chi connectivity index (χ0v) is 11.7. The Morgan fingerprint density at radius 1 is 1.29 bits per heavy atom. The van der Waals surface area contributed by atoms with Gasteiger partial charge in [0.2, 0.25) is 5.96 Å². The monoisotopic (exact) mass is 269 g/mol. The summed E-state index contributed by atoms with van der Waals surface area (Å²) in [4.78, 5) is 5.69. The average molecular weight is 270 g/mol. The minimum Gasteiger partial charge on any atom is -0.325 e. The van der Waals surface area contributed by atoms with Gasteiger partial charge in [-0.3, -0.25) is 4.72 Å². The molecule has 0 saturated carbocycles. The predicted molar refractivity (Wildman–Crippen MR) is 75.8 cm³/mol. The Balaban J connectivity index is 2.16. The summed E-state index contributed by atoms with van der Waals surface area (Å²) in [7, 11) is 0. The molecule has 0 aromatic heterocycles. The average Bonchev–Trinajstić information content (AvgIpc) is 2.29. The third kappa shape index (κ3) is 3.07. The van der Waals surface area contributed by atoms with Gasteiger partial charge in [-0.15, -0.1) is 0 Å². The molecule has 0 spiro atoms. The number of aliphatic imine (C=N–C) groups is 1.